The Morgan fingerprint density at radius 2 is 1.00 bits per heavy atom. The summed E-state index contributed by atoms with van der Waals surface area (Å²) in [6.07, 6.45) is 2.58. The highest BCUT2D eigenvalue weighted by atomic mass is 35.5. The van der Waals surface area contributed by atoms with Gasteiger partial charge >= 0.3 is 0 Å². The molecule has 0 unspecified atom stereocenters. The molecule has 11 heavy (non-hydrogen) atoms. The van der Waals surface area contributed by atoms with Crippen molar-refractivity contribution in [1.82, 2.24) is 5.01 Å². The van der Waals surface area contributed by atoms with Gasteiger partial charge in [0, 0.05) is 13.1 Å². The SMILES string of the molecule is Cl.Cl.Cl.Cl.Cl.NN1CCCC1. The summed E-state index contributed by atoms with van der Waals surface area (Å²) in [5, 5.41) is 1.86. The van der Waals surface area contributed by atoms with E-state index in [4.69, 9.17) is 5.84 Å². The van der Waals surface area contributed by atoms with Crippen molar-refractivity contribution in [2.45, 2.75) is 12.8 Å². The largest absolute Gasteiger partial charge is 0.269 e. The van der Waals surface area contributed by atoms with Crippen molar-refractivity contribution in [3.63, 3.8) is 0 Å². The molecule has 0 aromatic carbocycles. The molecule has 0 atom stereocenters. The zero-order valence-electron chi connectivity index (χ0n) is 5.89. The van der Waals surface area contributed by atoms with Gasteiger partial charge in [0.05, 0.1) is 0 Å². The predicted molar refractivity (Wildman–Crippen MR) is 61.2 cm³/mol. The van der Waals surface area contributed by atoms with Crippen LogP contribution < -0.4 is 5.84 Å². The average Bonchev–Trinajstić information content (AvgIpc) is 1.86. The number of hydrogen-bond donors (Lipinski definition) is 1. The molecule has 1 aliphatic rings. The van der Waals surface area contributed by atoms with Crippen molar-refractivity contribution in [2.24, 2.45) is 5.84 Å². The second-order valence-corrected chi connectivity index (χ2v) is 1.74. The van der Waals surface area contributed by atoms with Crippen LogP contribution in [0.5, 0.6) is 0 Å². The summed E-state index contributed by atoms with van der Waals surface area (Å²) in [5.74, 6) is 5.37. The summed E-state index contributed by atoms with van der Waals surface area (Å²) in [7, 11) is 0. The first kappa shape index (κ1) is 29.4. The molecular formula is C4H15Cl5N2. The second-order valence-electron chi connectivity index (χ2n) is 1.74. The Morgan fingerprint density at radius 1 is 0.727 bits per heavy atom. The van der Waals surface area contributed by atoms with Gasteiger partial charge in [0.15, 0.2) is 0 Å². The standard InChI is InChI=1S/C4H10N2.5ClH/c5-6-3-1-2-4-6;;;;;/h1-5H2;5*1H. The van der Waals surface area contributed by atoms with E-state index in [2.05, 4.69) is 0 Å². The molecule has 7 heteroatoms. The Morgan fingerprint density at radius 3 is 1.09 bits per heavy atom. The van der Waals surface area contributed by atoms with Crippen LogP contribution in [0.4, 0.5) is 0 Å². The fraction of sp³-hybridized carbons (Fsp3) is 1.00. The van der Waals surface area contributed by atoms with Gasteiger partial charge in [-0.25, -0.2) is 5.01 Å². The van der Waals surface area contributed by atoms with Crippen molar-refractivity contribution in [1.29, 1.82) is 0 Å². The summed E-state index contributed by atoms with van der Waals surface area (Å²) in [4.78, 5) is 0. The normalized spacial score (nSPS) is 13.9. The lowest BCUT2D eigenvalue weighted by atomic mass is 10.4. The highest BCUT2D eigenvalue weighted by Crippen LogP contribution is 1.99. The lowest BCUT2D eigenvalue weighted by molar-refractivity contribution is 0.355. The van der Waals surface area contributed by atoms with Crippen LogP contribution in [0.1, 0.15) is 12.8 Å². The maximum Gasteiger partial charge on any atom is 0.0129 e. The van der Waals surface area contributed by atoms with Crippen LogP contribution in [0, 0.1) is 0 Å². The molecule has 1 fully saturated rings. The molecular weight excluding hydrogens is 253 g/mol. The Labute approximate surface area is 98.7 Å². The maximum atomic E-state index is 5.37. The van der Waals surface area contributed by atoms with Gasteiger partial charge in [-0.1, -0.05) is 0 Å². The van der Waals surface area contributed by atoms with E-state index in [0.717, 1.165) is 13.1 Å². The molecule has 0 amide bonds. The molecule has 1 saturated heterocycles. The molecule has 0 aromatic rings. The van der Waals surface area contributed by atoms with Gasteiger partial charge in [0.25, 0.3) is 0 Å². The number of hydrazine groups is 1. The minimum Gasteiger partial charge on any atom is -0.269 e. The van der Waals surface area contributed by atoms with Crippen LogP contribution in [0.2, 0.25) is 0 Å². The van der Waals surface area contributed by atoms with Gasteiger partial charge in [-0.2, -0.15) is 0 Å². The number of hydrogen-bond acceptors (Lipinski definition) is 2. The Kier molecular flexibility index (Phi) is 46.7. The first-order valence-electron chi connectivity index (χ1n) is 2.39. The van der Waals surface area contributed by atoms with Gasteiger partial charge in [-0.3, -0.25) is 5.84 Å². The second kappa shape index (κ2) is 17.5. The van der Waals surface area contributed by atoms with Gasteiger partial charge in [-0.15, -0.1) is 62.0 Å². The molecule has 76 valence electrons. The summed E-state index contributed by atoms with van der Waals surface area (Å²) in [5.41, 5.74) is 0. The smallest absolute Gasteiger partial charge is 0.0129 e. The van der Waals surface area contributed by atoms with E-state index in [1.807, 2.05) is 5.01 Å². The van der Waals surface area contributed by atoms with E-state index in [1.165, 1.54) is 12.8 Å². The number of halogens is 5. The summed E-state index contributed by atoms with van der Waals surface area (Å²) in [6, 6.07) is 0. The van der Waals surface area contributed by atoms with Crippen LogP contribution in [0.3, 0.4) is 0 Å². The number of nitrogens with two attached hydrogens (primary N) is 1. The van der Waals surface area contributed by atoms with Crippen molar-refractivity contribution >= 4 is 62.0 Å². The molecule has 0 aliphatic carbocycles. The van der Waals surface area contributed by atoms with Crippen LogP contribution in [0.15, 0.2) is 0 Å². The summed E-state index contributed by atoms with van der Waals surface area (Å²) < 4.78 is 0. The summed E-state index contributed by atoms with van der Waals surface area (Å²) >= 11 is 0. The molecule has 1 rings (SSSR count). The van der Waals surface area contributed by atoms with E-state index in [-0.39, 0.29) is 62.0 Å². The van der Waals surface area contributed by atoms with Crippen molar-refractivity contribution in [3.05, 3.63) is 0 Å². The van der Waals surface area contributed by atoms with Crippen molar-refractivity contribution < 1.29 is 0 Å². The molecule has 0 bridgehead atoms. The van der Waals surface area contributed by atoms with Crippen molar-refractivity contribution in [2.75, 3.05) is 13.1 Å². The van der Waals surface area contributed by atoms with Crippen LogP contribution in [-0.2, 0) is 0 Å². The molecule has 0 saturated carbocycles. The Hall–Kier alpha value is 1.37. The zero-order valence-corrected chi connectivity index (χ0v) is 9.98. The fourth-order valence-corrected chi connectivity index (χ4v) is 0.742. The third-order valence-electron chi connectivity index (χ3n) is 1.14. The molecule has 0 spiro atoms. The predicted octanol–water partition coefficient (Wildman–Crippen LogP) is 2.06. The topological polar surface area (TPSA) is 29.3 Å². The molecule has 2 N–H and O–H groups in total. The van der Waals surface area contributed by atoms with Crippen molar-refractivity contribution in [3.8, 4) is 0 Å². The molecule has 2 nitrogen and oxygen atoms in total. The monoisotopic (exact) mass is 266 g/mol. The highest BCUT2D eigenvalue weighted by molar-refractivity contribution is 5.86. The Balaban J connectivity index is -0.0000000240. The maximum absolute atomic E-state index is 5.37. The van der Waals surface area contributed by atoms with Gasteiger partial charge < -0.3 is 0 Å². The first-order valence-corrected chi connectivity index (χ1v) is 2.39. The van der Waals surface area contributed by atoms with Crippen LogP contribution in [0.25, 0.3) is 0 Å². The molecule has 0 radical (unpaired) electrons. The van der Waals surface area contributed by atoms with Gasteiger partial charge in [0.2, 0.25) is 0 Å². The summed E-state index contributed by atoms with van der Waals surface area (Å²) in [6.45, 7) is 2.19. The quantitative estimate of drug-likeness (QED) is 0.682. The minimum absolute atomic E-state index is 0. The number of nitrogens with zero attached hydrogens (tertiary/aromatic N) is 1. The highest BCUT2D eigenvalue weighted by Gasteiger charge is 2.03. The fourth-order valence-electron chi connectivity index (χ4n) is 0.742. The lowest BCUT2D eigenvalue weighted by Gasteiger charge is -2.01. The van der Waals surface area contributed by atoms with Crippen LogP contribution in [-0.4, -0.2) is 18.1 Å². The van der Waals surface area contributed by atoms with Crippen LogP contribution >= 0.6 is 62.0 Å². The van der Waals surface area contributed by atoms with Gasteiger partial charge in [0.1, 0.15) is 0 Å². The molecule has 1 heterocycles. The van der Waals surface area contributed by atoms with E-state index in [9.17, 15) is 0 Å². The molecule has 0 aromatic heterocycles. The average molecular weight is 268 g/mol. The van der Waals surface area contributed by atoms with E-state index in [1.54, 1.807) is 0 Å². The van der Waals surface area contributed by atoms with E-state index < -0.39 is 0 Å². The van der Waals surface area contributed by atoms with E-state index >= 15 is 0 Å². The number of rotatable bonds is 0. The third kappa shape index (κ3) is 14.2. The lowest BCUT2D eigenvalue weighted by Crippen LogP contribution is -2.26. The first-order chi connectivity index (χ1) is 2.89. The van der Waals surface area contributed by atoms with Gasteiger partial charge in [-0.05, 0) is 12.8 Å². The minimum atomic E-state index is 0. The van der Waals surface area contributed by atoms with E-state index in [0.29, 0.717) is 0 Å². The zero-order chi connectivity index (χ0) is 4.41. The molecule has 1 aliphatic heterocycles. The Bertz CT molecular complexity index is 49.7. The third-order valence-corrected chi connectivity index (χ3v) is 1.14.